The zero-order valence-electron chi connectivity index (χ0n) is 10.7. The van der Waals surface area contributed by atoms with Crippen molar-refractivity contribution in [2.45, 2.75) is 26.2 Å². The van der Waals surface area contributed by atoms with E-state index in [0.29, 0.717) is 22.2 Å². The first-order valence-electron chi connectivity index (χ1n) is 6.46. The summed E-state index contributed by atoms with van der Waals surface area (Å²) in [6.07, 6.45) is 3.46. The molecule has 1 aliphatic rings. The lowest BCUT2D eigenvalue weighted by molar-refractivity contribution is 0.0787. The van der Waals surface area contributed by atoms with E-state index in [0.717, 1.165) is 19.5 Å². The Labute approximate surface area is 113 Å². The molecule has 1 heterocycles. The molecule has 98 valence electrons. The molecular formula is C14H19ClN2O. The van der Waals surface area contributed by atoms with E-state index in [9.17, 15) is 4.79 Å². The highest BCUT2D eigenvalue weighted by molar-refractivity contribution is 6.31. The Balaban J connectivity index is 2.10. The molecule has 1 atom stereocenters. The van der Waals surface area contributed by atoms with Crippen LogP contribution in [0.4, 0.5) is 5.69 Å². The number of nitrogens with zero attached hydrogens (tertiary/aromatic N) is 1. The van der Waals surface area contributed by atoms with E-state index in [2.05, 4.69) is 6.92 Å². The van der Waals surface area contributed by atoms with Gasteiger partial charge in [0.05, 0.1) is 5.56 Å². The number of amides is 1. The van der Waals surface area contributed by atoms with Crippen LogP contribution >= 0.6 is 11.6 Å². The molecule has 1 amide bonds. The van der Waals surface area contributed by atoms with Crippen LogP contribution in [-0.2, 0) is 0 Å². The van der Waals surface area contributed by atoms with Crippen molar-refractivity contribution in [1.29, 1.82) is 0 Å². The molecule has 2 N–H and O–H groups in total. The summed E-state index contributed by atoms with van der Waals surface area (Å²) in [5.41, 5.74) is 6.88. The van der Waals surface area contributed by atoms with Gasteiger partial charge >= 0.3 is 0 Å². The zero-order valence-corrected chi connectivity index (χ0v) is 11.4. The number of nitrogen functional groups attached to an aromatic ring is 1. The van der Waals surface area contributed by atoms with Crippen molar-refractivity contribution < 1.29 is 4.79 Å². The number of benzene rings is 1. The minimum atomic E-state index is 0.00797. The van der Waals surface area contributed by atoms with Crippen LogP contribution in [0.1, 0.15) is 36.5 Å². The Kier molecular flexibility index (Phi) is 4.12. The predicted octanol–water partition coefficient (Wildman–Crippen LogP) is 3.18. The third-order valence-electron chi connectivity index (χ3n) is 3.52. The molecule has 1 saturated heterocycles. The Hall–Kier alpha value is -1.22. The average Bonchev–Trinajstić information content (AvgIpc) is 2.80. The third-order valence-corrected chi connectivity index (χ3v) is 3.75. The summed E-state index contributed by atoms with van der Waals surface area (Å²) in [6.45, 7) is 3.85. The number of likely N-dealkylation sites (tertiary alicyclic amines) is 1. The summed E-state index contributed by atoms with van der Waals surface area (Å²) in [7, 11) is 0. The summed E-state index contributed by atoms with van der Waals surface area (Å²) in [6, 6.07) is 5.05. The minimum Gasteiger partial charge on any atom is -0.398 e. The van der Waals surface area contributed by atoms with Gasteiger partial charge in [0.2, 0.25) is 0 Å². The van der Waals surface area contributed by atoms with Crippen LogP contribution in [0.25, 0.3) is 0 Å². The van der Waals surface area contributed by atoms with Crippen LogP contribution in [0.15, 0.2) is 18.2 Å². The highest BCUT2D eigenvalue weighted by Gasteiger charge is 2.27. The number of carbonyl (C=O) groups excluding carboxylic acids is 1. The number of rotatable bonds is 3. The van der Waals surface area contributed by atoms with Crippen LogP contribution in [0.3, 0.4) is 0 Å². The van der Waals surface area contributed by atoms with E-state index in [-0.39, 0.29) is 5.91 Å². The number of halogens is 1. The number of carbonyl (C=O) groups is 1. The normalized spacial score (nSPS) is 19.2. The molecule has 1 aromatic carbocycles. The van der Waals surface area contributed by atoms with Crippen LogP contribution < -0.4 is 5.73 Å². The fourth-order valence-corrected chi connectivity index (χ4v) is 2.72. The summed E-state index contributed by atoms with van der Waals surface area (Å²) < 4.78 is 0. The average molecular weight is 267 g/mol. The molecule has 0 spiro atoms. The Morgan fingerprint density at radius 1 is 1.56 bits per heavy atom. The van der Waals surface area contributed by atoms with Crippen LogP contribution in [0.2, 0.25) is 5.02 Å². The third kappa shape index (κ3) is 2.78. The van der Waals surface area contributed by atoms with Crippen molar-refractivity contribution in [1.82, 2.24) is 4.90 Å². The highest BCUT2D eigenvalue weighted by atomic mass is 35.5. The zero-order chi connectivity index (χ0) is 13.1. The molecule has 0 aliphatic carbocycles. The summed E-state index contributed by atoms with van der Waals surface area (Å²) in [5, 5.41) is 0.553. The lowest BCUT2D eigenvalue weighted by Gasteiger charge is -2.17. The van der Waals surface area contributed by atoms with Gasteiger partial charge in [-0.05, 0) is 37.0 Å². The minimum absolute atomic E-state index is 0.00797. The smallest absolute Gasteiger partial charge is 0.256 e. The van der Waals surface area contributed by atoms with Gasteiger partial charge in [-0.25, -0.2) is 0 Å². The lowest BCUT2D eigenvalue weighted by Crippen LogP contribution is -2.29. The fourth-order valence-electron chi connectivity index (χ4n) is 2.55. The lowest BCUT2D eigenvalue weighted by atomic mass is 10.0. The first-order valence-corrected chi connectivity index (χ1v) is 6.84. The van der Waals surface area contributed by atoms with Gasteiger partial charge in [0.15, 0.2) is 0 Å². The maximum atomic E-state index is 12.4. The molecule has 1 fully saturated rings. The van der Waals surface area contributed by atoms with Crippen LogP contribution in [0.5, 0.6) is 0 Å². The van der Waals surface area contributed by atoms with Gasteiger partial charge in [-0.15, -0.1) is 0 Å². The molecule has 0 saturated carbocycles. The Bertz CT molecular complexity index is 447. The van der Waals surface area contributed by atoms with E-state index < -0.39 is 0 Å². The Morgan fingerprint density at radius 3 is 3.06 bits per heavy atom. The van der Waals surface area contributed by atoms with Gasteiger partial charge in [-0.1, -0.05) is 24.9 Å². The van der Waals surface area contributed by atoms with Gasteiger partial charge in [-0.2, -0.15) is 0 Å². The molecule has 1 aromatic rings. The maximum Gasteiger partial charge on any atom is 0.256 e. The van der Waals surface area contributed by atoms with Gasteiger partial charge < -0.3 is 10.6 Å². The molecule has 2 rings (SSSR count). The number of hydrogen-bond acceptors (Lipinski definition) is 2. The second kappa shape index (κ2) is 5.61. The SMILES string of the molecule is CCCC1CCN(C(=O)c2cc(Cl)ccc2N)C1. The molecule has 1 aliphatic heterocycles. The topological polar surface area (TPSA) is 46.3 Å². The fraction of sp³-hybridized carbons (Fsp3) is 0.500. The van der Waals surface area contributed by atoms with Crippen molar-refractivity contribution in [3.8, 4) is 0 Å². The molecule has 1 unspecified atom stereocenters. The van der Waals surface area contributed by atoms with Crippen molar-refractivity contribution in [3.63, 3.8) is 0 Å². The van der Waals surface area contributed by atoms with Crippen LogP contribution in [-0.4, -0.2) is 23.9 Å². The molecule has 0 aromatic heterocycles. The number of nitrogens with two attached hydrogens (primary N) is 1. The molecule has 18 heavy (non-hydrogen) atoms. The number of hydrogen-bond donors (Lipinski definition) is 1. The monoisotopic (exact) mass is 266 g/mol. The summed E-state index contributed by atoms with van der Waals surface area (Å²) >= 11 is 5.92. The molecule has 0 bridgehead atoms. The Morgan fingerprint density at radius 2 is 2.33 bits per heavy atom. The van der Waals surface area contributed by atoms with Crippen molar-refractivity contribution in [2.75, 3.05) is 18.8 Å². The molecule has 0 radical (unpaired) electrons. The van der Waals surface area contributed by atoms with E-state index in [1.807, 2.05) is 4.90 Å². The quantitative estimate of drug-likeness (QED) is 0.854. The van der Waals surface area contributed by atoms with Crippen molar-refractivity contribution in [2.24, 2.45) is 5.92 Å². The van der Waals surface area contributed by atoms with Gasteiger partial charge in [0.1, 0.15) is 0 Å². The largest absolute Gasteiger partial charge is 0.398 e. The van der Waals surface area contributed by atoms with Crippen molar-refractivity contribution in [3.05, 3.63) is 28.8 Å². The number of anilines is 1. The summed E-state index contributed by atoms with van der Waals surface area (Å²) in [4.78, 5) is 14.2. The van der Waals surface area contributed by atoms with Gasteiger partial charge in [-0.3, -0.25) is 4.79 Å². The van der Waals surface area contributed by atoms with E-state index >= 15 is 0 Å². The first kappa shape index (κ1) is 13.2. The highest BCUT2D eigenvalue weighted by Crippen LogP contribution is 2.25. The van der Waals surface area contributed by atoms with Crippen LogP contribution in [0, 0.1) is 5.92 Å². The van der Waals surface area contributed by atoms with E-state index in [4.69, 9.17) is 17.3 Å². The molecule has 3 nitrogen and oxygen atoms in total. The summed E-state index contributed by atoms with van der Waals surface area (Å²) in [5.74, 6) is 0.646. The predicted molar refractivity (Wildman–Crippen MR) is 74.8 cm³/mol. The van der Waals surface area contributed by atoms with E-state index in [1.165, 1.54) is 12.8 Å². The van der Waals surface area contributed by atoms with Gasteiger partial charge in [0.25, 0.3) is 5.91 Å². The maximum absolute atomic E-state index is 12.4. The van der Waals surface area contributed by atoms with Crippen molar-refractivity contribution >= 4 is 23.2 Å². The second-order valence-corrected chi connectivity index (χ2v) is 5.36. The molecule has 4 heteroatoms. The van der Waals surface area contributed by atoms with E-state index in [1.54, 1.807) is 18.2 Å². The standard InChI is InChI=1S/C14H19ClN2O/c1-2-3-10-6-7-17(9-10)14(18)12-8-11(15)4-5-13(12)16/h4-5,8,10H,2-3,6-7,9,16H2,1H3. The molecular weight excluding hydrogens is 248 g/mol. The first-order chi connectivity index (χ1) is 8.61. The second-order valence-electron chi connectivity index (χ2n) is 4.93. The van der Waals surface area contributed by atoms with Gasteiger partial charge in [0, 0.05) is 23.8 Å².